The summed E-state index contributed by atoms with van der Waals surface area (Å²) in [4.78, 5) is 33.5. The largest absolute Gasteiger partial charge is 0.480 e. The average molecular weight is 792 g/mol. The molecule has 11 heteroatoms. The summed E-state index contributed by atoms with van der Waals surface area (Å²) in [5.41, 5.74) is 5.34. The molecular formula is C44H74NO9P. The van der Waals surface area contributed by atoms with E-state index in [-0.39, 0.29) is 13.0 Å². The molecule has 10 nitrogen and oxygen atoms in total. The highest BCUT2D eigenvalue weighted by molar-refractivity contribution is 7.47. The van der Waals surface area contributed by atoms with Crippen molar-refractivity contribution in [2.24, 2.45) is 5.73 Å². The molecule has 0 spiro atoms. The SMILES string of the molecule is CC/C=C\C/C=C\C/C=C\C/C=C\C/C=C\CCOCC(COP(=O)(O)OCC(N)C(=O)O)OC(=O)CCCCCCCCC/C=C\C/C=C\CCCCC. The first-order valence-electron chi connectivity index (χ1n) is 20.6. The lowest BCUT2D eigenvalue weighted by molar-refractivity contribution is -0.154. The molecule has 0 bridgehead atoms. The summed E-state index contributed by atoms with van der Waals surface area (Å²) in [6, 6.07) is -1.49. The fourth-order valence-electron chi connectivity index (χ4n) is 4.99. The molecule has 4 N–H and O–H groups in total. The smallest absolute Gasteiger partial charge is 0.472 e. The van der Waals surface area contributed by atoms with Crippen molar-refractivity contribution in [1.29, 1.82) is 0 Å². The van der Waals surface area contributed by atoms with Gasteiger partial charge in [-0.05, 0) is 77.0 Å². The van der Waals surface area contributed by atoms with Gasteiger partial charge in [-0.25, -0.2) is 4.57 Å². The van der Waals surface area contributed by atoms with Crippen LogP contribution in [0.4, 0.5) is 0 Å². The number of hydrogen-bond acceptors (Lipinski definition) is 8. The number of unbranched alkanes of at least 4 members (excludes halogenated alkanes) is 10. The standard InChI is InChI=1S/C44H74NO9P/c1-3-5-7-9-11-13-15-17-19-21-22-24-26-28-30-32-34-36-43(46)54-41(39-52-55(49,50)53-40-42(45)44(47)48)38-51-37-35-33-31-29-27-25-23-20-18-16-14-12-10-8-6-4-2/h6,8,11-14,17-20,25,27,31,33,41-42H,3-5,7,9-10,15-16,21-24,26,28-30,32,34-40,45H2,1-2H3,(H,47,48)(H,49,50)/b8-6-,13-11-,14-12-,19-17-,20-18-,27-25-,33-31-. The summed E-state index contributed by atoms with van der Waals surface area (Å²) in [6.07, 6.45) is 49.4. The van der Waals surface area contributed by atoms with Crippen LogP contribution in [0.25, 0.3) is 0 Å². The number of carbonyl (C=O) groups excluding carboxylic acids is 1. The van der Waals surface area contributed by atoms with Gasteiger partial charge in [-0.2, -0.15) is 0 Å². The number of phosphoric acid groups is 1. The Hall–Kier alpha value is -2.85. The number of carboxylic acid groups (broad SMARTS) is 1. The lowest BCUT2D eigenvalue weighted by Crippen LogP contribution is -2.34. The van der Waals surface area contributed by atoms with E-state index < -0.39 is 45.1 Å². The third-order valence-electron chi connectivity index (χ3n) is 8.18. The minimum atomic E-state index is -4.64. The van der Waals surface area contributed by atoms with Crippen molar-refractivity contribution in [3.05, 3.63) is 85.1 Å². The number of esters is 1. The van der Waals surface area contributed by atoms with Crippen LogP contribution in [0.1, 0.15) is 142 Å². The Morgan fingerprint density at radius 1 is 0.600 bits per heavy atom. The highest BCUT2D eigenvalue weighted by Crippen LogP contribution is 2.43. The first kappa shape index (κ1) is 52.2. The molecule has 0 aromatic rings. The number of phosphoric ester groups is 1. The van der Waals surface area contributed by atoms with E-state index >= 15 is 0 Å². The van der Waals surface area contributed by atoms with Gasteiger partial charge in [0, 0.05) is 6.42 Å². The quantitative estimate of drug-likeness (QED) is 0.0238. The molecule has 3 unspecified atom stereocenters. The molecule has 0 aliphatic carbocycles. The zero-order valence-corrected chi connectivity index (χ0v) is 34.9. The van der Waals surface area contributed by atoms with E-state index in [0.717, 1.165) is 64.2 Å². The van der Waals surface area contributed by atoms with E-state index in [4.69, 9.17) is 24.8 Å². The number of carboxylic acids is 1. The number of allylic oxidation sites excluding steroid dienone is 13. The van der Waals surface area contributed by atoms with Crippen molar-refractivity contribution in [3.8, 4) is 0 Å². The number of carbonyl (C=O) groups is 2. The van der Waals surface area contributed by atoms with Crippen molar-refractivity contribution < 1.29 is 42.7 Å². The van der Waals surface area contributed by atoms with Crippen LogP contribution < -0.4 is 5.73 Å². The third kappa shape index (κ3) is 39.2. The summed E-state index contributed by atoms with van der Waals surface area (Å²) >= 11 is 0. The van der Waals surface area contributed by atoms with Gasteiger partial charge in [0.2, 0.25) is 0 Å². The molecule has 55 heavy (non-hydrogen) atoms. The fourth-order valence-corrected chi connectivity index (χ4v) is 5.77. The number of aliphatic carboxylic acids is 1. The van der Waals surface area contributed by atoms with E-state index in [2.05, 4.69) is 91.3 Å². The predicted octanol–water partition coefficient (Wildman–Crippen LogP) is 11.2. The molecule has 0 aromatic heterocycles. The first-order chi connectivity index (χ1) is 26.7. The van der Waals surface area contributed by atoms with Crippen molar-refractivity contribution in [3.63, 3.8) is 0 Å². The number of hydrogen-bond donors (Lipinski definition) is 3. The molecule has 0 rings (SSSR count). The molecule has 0 saturated carbocycles. The number of rotatable bonds is 38. The number of ether oxygens (including phenoxy) is 2. The molecule has 0 heterocycles. The Bertz CT molecular complexity index is 1190. The third-order valence-corrected chi connectivity index (χ3v) is 9.13. The highest BCUT2D eigenvalue weighted by Gasteiger charge is 2.27. The minimum Gasteiger partial charge on any atom is -0.480 e. The molecule has 0 aliphatic heterocycles. The van der Waals surface area contributed by atoms with Crippen LogP contribution in [0, 0.1) is 0 Å². The van der Waals surface area contributed by atoms with Gasteiger partial charge in [0.25, 0.3) is 0 Å². The Balaban J connectivity index is 4.42. The predicted molar refractivity (Wildman–Crippen MR) is 226 cm³/mol. The highest BCUT2D eigenvalue weighted by atomic mass is 31.2. The van der Waals surface area contributed by atoms with Gasteiger partial charge in [0.15, 0.2) is 0 Å². The molecule has 0 amide bonds. The molecule has 0 fully saturated rings. The van der Waals surface area contributed by atoms with Crippen LogP contribution in [-0.4, -0.2) is 60.5 Å². The molecule has 3 atom stereocenters. The van der Waals surface area contributed by atoms with Gasteiger partial charge in [0.05, 0.1) is 26.4 Å². The maximum Gasteiger partial charge on any atom is 0.472 e. The maximum atomic E-state index is 12.6. The fraction of sp³-hybridized carbons (Fsp3) is 0.636. The molecule has 0 aromatic carbocycles. The topological polar surface area (TPSA) is 155 Å². The second-order valence-electron chi connectivity index (χ2n) is 13.4. The minimum absolute atomic E-state index is 0.0456. The van der Waals surface area contributed by atoms with Crippen LogP contribution in [0.3, 0.4) is 0 Å². The van der Waals surface area contributed by atoms with Crippen LogP contribution in [-0.2, 0) is 32.7 Å². The molecule has 314 valence electrons. The van der Waals surface area contributed by atoms with Crippen LogP contribution in [0.5, 0.6) is 0 Å². The van der Waals surface area contributed by atoms with Gasteiger partial charge in [-0.15, -0.1) is 0 Å². The van der Waals surface area contributed by atoms with E-state index in [1.165, 1.54) is 44.9 Å². The van der Waals surface area contributed by atoms with Gasteiger partial charge in [-0.1, -0.05) is 144 Å². The Morgan fingerprint density at radius 3 is 1.58 bits per heavy atom. The Morgan fingerprint density at radius 2 is 1.05 bits per heavy atom. The van der Waals surface area contributed by atoms with Crippen molar-refractivity contribution in [2.45, 2.75) is 154 Å². The average Bonchev–Trinajstić information content (AvgIpc) is 3.16. The summed E-state index contributed by atoms with van der Waals surface area (Å²) in [5.74, 6) is -1.83. The lowest BCUT2D eigenvalue weighted by atomic mass is 10.1. The van der Waals surface area contributed by atoms with Crippen molar-refractivity contribution in [2.75, 3.05) is 26.4 Å². The van der Waals surface area contributed by atoms with Gasteiger partial charge >= 0.3 is 19.8 Å². The maximum absolute atomic E-state index is 12.6. The van der Waals surface area contributed by atoms with E-state index in [1.807, 2.05) is 12.2 Å². The summed E-state index contributed by atoms with van der Waals surface area (Å²) in [6.45, 7) is 3.48. The monoisotopic (exact) mass is 792 g/mol. The summed E-state index contributed by atoms with van der Waals surface area (Å²) < 4.78 is 33.2. The molecular weight excluding hydrogens is 717 g/mol. The lowest BCUT2D eigenvalue weighted by Gasteiger charge is -2.20. The van der Waals surface area contributed by atoms with Crippen LogP contribution >= 0.6 is 7.82 Å². The molecule has 0 saturated heterocycles. The van der Waals surface area contributed by atoms with Crippen LogP contribution in [0.2, 0.25) is 0 Å². The van der Waals surface area contributed by atoms with Gasteiger partial charge in [0.1, 0.15) is 12.1 Å². The Kier molecular flexibility index (Phi) is 37.3. The van der Waals surface area contributed by atoms with E-state index in [9.17, 15) is 19.0 Å². The Labute approximate surface area is 333 Å². The summed E-state index contributed by atoms with van der Waals surface area (Å²) in [5, 5.41) is 8.88. The second-order valence-corrected chi connectivity index (χ2v) is 14.8. The van der Waals surface area contributed by atoms with E-state index in [1.54, 1.807) is 0 Å². The second kappa shape index (κ2) is 39.4. The molecule has 0 aliphatic rings. The first-order valence-corrected chi connectivity index (χ1v) is 22.1. The summed E-state index contributed by atoms with van der Waals surface area (Å²) in [7, 11) is -4.64. The molecule has 0 radical (unpaired) electrons. The van der Waals surface area contributed by atoms with Crippen LogP contribution in [0.15, 0.2) is 85.1 Å². The zero-order valence-electron chi connectivity index (χ0n) is 34.0. The van der Waals surface area contributed by atoms with Crippen molar-refractivity contribution >= 4 is 19.8 Å². The van der Waals surface area contributed by atoms with Crippen molar-refractivity contribution in [1.82, 2.24) is 0 Å². The number of nitrogens with two attached hydrogens (primary N) is 1. The normalized spacial score (nSPS) is 14.8. The van der Waals surface area contributed by atoms with Gasteiger partial charge < -0.3 is 25.2 Å². The van der Waals surface area contributed by atoms with E-state index in [0.29, 0.717) is 19.4 Å². The zero-order chi connectivity index (χ0) is 40.5. The van der Waals surface area contributed by atoms with Gasteiger partial charge in [-0.3, -0.25) is 18.6 Å².